The van der Waals surface area contributed by atoms with E-state index >= 15 is 0 Å². The first-order valence-electron chi connectivity index (χ1n) is 9.13. The molecule has 0 aliphatic carbocycles. The smallest absolute Gasteiger partial charge is 0.294 e. The molecule has 1 atom stereocenters. The topological polar surface area (TPSA) is 101 Å². The summed E-state index contributed by atoms with van der Waals surface area (Å²) < 4.78 is 28.6. The first-order valence-corrected chi connectivity index (χ1v) is 11.8. The fourth-order valence-electron chi connectivity index (χ4n) is 3.40. The third-order valence-corrected chi connectivity index (χ3v) is 7.53. The number of imide groups is 1. The fraction of sp³-hybridized carbons (Fsp3) is 0.421. The van der Waals surface area contributed by atoms with Crippen LogP contribution in [0.25, 0.3) is 6.08 Å². The maximum atomic E-state index is 12.7. The van der Waals surface area contributed by atoms with Crippen molar-refractivity contribution in [2.24, 2.45) is 0 Å². The summed E-state index contributed by atoms with van der Waals surface area (Å²) >= 11 is 0.774. The molecule has 2 aliphatic rings. The number of hydrogen-bond donors (Lipinski definition) is 0. The summed E-state index contributed by atoms with van der Waals surface area (Å²) in [6.07, 6.45) is 1.96. The van der Waals surface area contributed by atoms with E-state index in [1.807, 2.05) is 0 Å². The van der Waals surface area contributed by atoms with Crippen molar-refractivity contribution >= 4 is 44.7 Å². The highest BCUT2D eigenvalue weighted by molar-refractivity contribution is 8.18. The zero-order chi connectivity index (χ0) is 21.2. The lowest BCUT2D eigenvalue weighted by molar-refractivity contribution is -0.137. The zero-order valence-electron chi connectivity index (χ0n) is 16.2. The Morgan fingerprint density at radius 3 is 2.76 bits per heavy atom. The number of carbonyl (C=O) groups is 3. The van der Waals surface area contributed by atoms with Gasteiger partial charge in [-0.2, -0.15) is 0 Å². The predicted octanol–water partition coefficient (Wildman–Crippen LogP) is 1.77. The molecule has 10 heteroatoms. The maximum Gasteiger partial charge on any atom is 0.294 e. The van der Waals surface area contributed by atoms with Gasteiger partial charge in [-0.25, -0.2) is 8.42 Å². The van der Waals surface area contributed by atoms with Gasteiger partial charge in [0.15, 0.2) is 9.84 Å². The molecule has 8 nitrogen and oxygen atoms in total. The molecule has 1 aromatic carbocycles. The molecule has 0 bridgehead atoms. The maximum absolute atomic E-state index is 12.7. The number of hydrogen-bond acceptors (Lipinski definition) is 7. The van der Waals surface area contributed by atoms with E-state index in [-0.39, 0.29) is 16.4 Å². The molecule has 1 unspecified atom stereocenters. The fourth-order valence-corrected chi connectivity index (χ4v) is 5.97. The average Bonchev–Trinajstić information content (AvgIpc) is 3.16. The van der Waals surface area contributed by atoms with Crippen molar-refractivity contribution in [2.75, 3.05) is 31.7 Å². The molecule has 0 N–H and O–H groups in total. The van der Waals surface area contributed by atoms with E-state index in [1.54, 1.807) is 37.3 Å². The number of ether oxygens (including phenoxy) is 1. The minimum absolute atomic E-state index is 0.0479. The second-order valence-corrected chi connectivity index (χ2v) is 10.0. The molecular weight excluding hydrogens is 416 g/mol. The van der Waals surface area contributed by atoms with Crippen molar-refractivity contribution < 1.29 is 27.5 Å². The third-order valence-electron chi connectivity index (χ3n) is 4.87. The lowest BCUT2D eigenvalue weighted by Gasteiger charge is -2.28. The van der Waals surface area contributed by atoms with Crippen LogP contribution < -0.4 is 4.74 Å². The van der Waals surface area contributed by atoms with Gasteiger partial charge in [-0.15, -0.1) is 0 Å². The monoisotopic (exact) mass is 438 g/mol. The Labute approximate surface area is 173 Å². The number of carbonyl (C=O) groups excluding carboxylic acids is 3. The number of benzene rings is 1. The summed E-state index contributed by atoms with van der Waals surface area (Å²) in [5.41, 5.74) is 0.701. The Balaban J connectivity index is 1.72. The van der Waals surface area contributed by atoms with E-state index in [2.05, 4.69) is 0 Å². The lowest BCUT2D eigenvalue weighted by Crippen LogP contribution is -2.47. The first-order chi connectivity index (χ1) is 13.7. The Morgan fingerprint density at radius 2 is 2.14 bits per heavy atom. The summed E-state index contributed by atoms with van der Waals surface area (Å²) in [6.45, 7) is 1.67. The van der Waals surface area contributed by atoms with E-state index in [0.717, 1.165) is 16.7 Å². The number of amides is 3. The summed E-state index contributed by atoms with van der Waals surface area (Å²) in [7, 11) is -1.61. The molecule has 156 valence electrons. The number of rotatable bonds is 6. The van der Waals surface area contributed by atoms with E-state index in [0.29, 0.717) is 24.3 Å². The van der Waals surface area contributed by atoms with E-state index in [9.17, 15) is 22.8 Å². The largest absolute Gasteiger partial charge is 0.497 e. The molecule has 0 spiro atoms. The summed E-state index contributed by atoms with van der Waals surface area (Å²) in [5, 5.41) is -0.521. The van der Waals surface area contributed by atoms with Crippen LogP contribution in [0, 0.1) is 0 Å². The number of thioether (sulfide) groups is 1. The molecule has 1 aromatic rings. The van der Waals surface area contributed by atoms with Gasteiger partial charge >= 0.3 is 0 Å². The van der Waals surface area contributed by atoms with Gasteiger partial charge in [-0.3, -0.25) is 19.3 Å². The molecule has 2 aliphatic heterocycles. The number of nitrogens with zero attached hydrogens (tertiary/aromatic N) is 2. The van der Waals surface area contributed by atoms with E-state index < -0.39 is 39.5 Å². The SMILES string of the molecule is CCN(C(=O)CN1C(=O)SC(=Cc2cccc(OC)c2)C1=O)C1CCS(=O)(=O)C1. The summed E-state index contributed by atoms with van der Waals surface area (Å²) in [4.78, 5) is 40.3. The molecule has 0 saturated carbocycles. The Kier molecular flexibility index (Phi) is 6.33. The molecule has 29 heavy (non-hydrogen) atoms. The van der Waals surface area contributed by atoms with Crippen LogP contribution in [-0.4, -0.2) is 73.0 Å². The minimum Gasteiger partial charge on any atom is -0.497 e. The molecule has 2 heterocycles. The predicted molar refractivity (Wildman–Crippen MR) is 110 cm³/mol. The number of likely N-dealkylation sites (N-methyl/N-ethyl adjacent to an activating group) is 1. The first kappa shape index (κ1) is 21.4. The van der Waals surface area contributed by atoms with Gasteiger partial charge in [0.25, 0.3) is 11.1 Å². The number of sulfone groups is 1. The minimum atomic E-state index is -3.15. The van der Waals surface area contributed by atoms with Crippen LogP contribution in [0.1, 0.15) is 18.9 Å². The highest BCUT2D eigenvalue weighted by Crippen LogP contribution is 2.32. The van der Waals surface area contributed by atoms with Crippen LogP contribution >= 0.6 is 11.8 Å². The summed E-state index contributed by atoms with van der Waals surface area (Å²) in [6, 6.07) is 6.64. The van der Waals surface area contributed by atoms with Gasteiger partial charge in [-0.1, -0.05) is 12.1 Å². The Morgan fingerprint density at radius 1 is 1.38 bits per heavy atom. The lowest BCUT2D eigenvalue weighted by atomic mass is 10.2. The quantitative estimate of drug-likeness (QED) is 0.624. The van der Waals surface area contributed by atoms with Gasteiger partial charge < -0.3 is 9.64 Å². The standard InChI is InChI=1S/C19H22N2O6S2/c1-3-20(14-7-8-29(25,26)12-14)17(22)11-21-18(23)16(28-19(21)24)10-13-5-4-6-15(9-13)27-2/h4-6,9-10,14H,3,7-8,11-12H2,1-2H3. The highest BCUT2D eigenvalue weighted by Gasteiger charge is 2.39. The van der Waals surface area contributed by atoms with Crippen molar-refractivity contribution in [1.82, 2.24) is 9.80 Å². The van der Waals surface area contributed by atoms with Crippen molar-refractivity contribution in [3.63, 3.8) is 0 Å². The van der Waals surface area contributed by atoms with Crippen molar-refractivity contribution in [3.8, 4) is 5.75 Å². The second-order valence-electron chi connectivity index (χ2n) is 6.78. The van der Waals surface area contributed by atoms with E-state index in [4.69, 9.17) is 4.74 Å². The zero-order valence-corrected chi connectivity index (χ0v) is 17.8. The Bertz CT molecular complexity index is 973. The van der Waals surface area contributed by atoms with Crippen molar-refractivity contribution in [3.05, 3.63) is 34.7 Å². The molecule has 2 fully saturated rings. The van der Waals surface area contributed by atoms with Crippen LogP contribution in [0.2, 0.25) is 0 Å². The van der Waals surface area contributed by atoms with Crippen molar-refractivity contribution in [2.45, 2.75) is 19.4 Å². The van der Waals surface area contributed by atoms with E-state index in [1.165, 1.54) is 12.0 Å². The third kappa shape index (κ3) is 4.81. The second kappa shape index (κ2) is 8.58. The average molecular weight is 439 g/mol. The van der Waals surface area contributed by atoms with Gasteiger partial charge in [0.1, 0.15) is 12.3 Å². The molecular formula is C19H22N2O6S2. The van der Waals surface area contributed by atoms with Crippen molar-refractivity contribution in [1.29, 1.82) is 0 Å². The summed E-state index contributed by atoms with van der Waals surface area (Å²) in [5.74, 6) is -0.375. The normalized spacial score (nSPS) is 22.3. The highest BCUT2D eigenvalue weighted by atomic mass is 32.2. The van der Waals surface area contributed by atoms with Gasteiger partial charge in [0.05, 0.1) is 23.5 Å². The van der Waals surface area contributed by atoms with Crippen LogP contribution in [0.4, 0.5) is 4.79 Å². The molecule has 2 saturated heterocycles. The van der Waals surface area contributed by atoms with Crippen LogP contribution in [0.15, 0.2) is 29.2 Å². The molecule has 3 rings (SSSR count). The van der Waals surface area contributed by atoms with Crippen LogP contribution in [0.5, 0.6) is 5.75 Å². The Hall–Kier alpha value is -2.33. The van der Waals surface area contributed by atoms with Crippen LogP contribution in [0.3, 0.4) is 0 Å². The van der Waals surface area contributed by atoms with Gasteiger partial charge in [0.2, 0.25) is 5.91 Å². The van der Waals surface area contributed by atoms with Gasteiger partial charge in [-0.05, 0) is 48.9 Å². The number of methoxy groups -OCH3 is 1. The molecule has 0 radical (unpaired) electrons. The van der Waals surface area contributed by atoms with Crippen LogP contribution in [-0.2, 0) is 19.4 Å². The molecule has 0 aromatic heterocycles. The molecule has 3 amide bonds. The van der Waals surface area contributed by atoms with Gasteiger partial charge in [0, 0.05) is 12.6 Å².